The molecule has 7 nitrogen and oxygen atoms in total. The highest BCUT2D eigenvalue weighted by molar-refractivity contribution is 8.00. The van der Waals surface area contributed by atoms with E-state index in [1.165, 1.54) is 4.31 Å². The molecule has 1 atom stereocenters. The number of hydrogen-bond acceptors (Lipinski definition) is 6. The first-order valence-electron chi connectivity index (χ1n) is 10.0. The summed E-state index contributed by atoms with van der Waals surface area (Å²) in [6.45, 7) is 4.69. The number of ether oxygens (including phenoxy) is 1. The van der Waals surface area contributed by atoms with E-state index in [1.807, 2.05) is 24.3 Å². The van der Waals surface area contributed by atoms with E-state index in [4.69, 9.17) is 4.74 Å². The van der Waals surface area contributed by atoms with E-state index in [-0.39, 0.29) is 24.2 Å². The molecule has 1 fully saturated rings. The van der Waals surface area contributed by atoms with Gasteiger partial charge in [0.1, 0.15) is 0 Å². The second-order valence-corrected chi connectivity index (χ2v) is 11.1. The van der Waals surface area contributed by atoms with Crippen LogP contribution in [0.2, 0.25) is 0 Å². The molecule has 0 spiro atoms. The van der Waals surface area contributed by atoms with Gasteiger partial charge in [-0.05, 0) is 38.3 Å². The summed E-state index contributed by atoms with van der Waals surface area (Å²) in [7, 11) is -3.23. The molecule has 0 aromatic heterocycles. The molecule has 0 saturated carbocycles. The number of nitrogens with zero attached hydrogens (tertiary/aromatic N) is 2. The molecule has 1 aromatic carbocycles. The Morgan fingerprint density at radius 2 is 1.83 bits per heavy atom. The Hall–Kier alpha value is -1.58. The van der Waals surface area contributed by atoms with Crippen LogP contribution in [0.5, 0.6) is 0 Å². The maximum absolute atomic E-state index is 12.8. The number of carbonyl (C=O) groups is 2. The quantitative estimate of drug-likeness (QED) is 0.654. The number of para-hydroxylation sites is 1. The molecule has 160 valence electrons. The van der Waals surface area contributed by atoms with Crippen molar-refractivity contribution < 1.29 is 22.7 Å². The number of amides is 1. The molecule has 1 amide bonds. The van der Waals surface area contributed by atoms with E-state index in [1.54, 1.807) is 23.6 Å². The molecule has 9 heteroatoms. The molecule has 0 radical (unpaired) electrons. The zero-order valence-electron chi connectivity index (χ0n) is 16.9. The molecule has 2 aliphatic heterocycles. The van der Waals surface area contributed by atoms with Crippen LogP contribution in [0.3, 0.4) is 0 Å². The van der Waals surface area contributed by atoms with Crippen LogP contribution in [0.1, 0.15) is 33.1 Å². The topological polar surface area (TPSA) is 84.0 Å². The molecule has 1 unspecified atom stereocenters. The third kappa shape index (κ3) is 5.32. The summed E-state index contributed by atoms with van der Waals surface area (Å²) < 4.78 is 30.6. The fourth-order valence-electron chi connectivity index (χ4n) is 3.63. The smallest absolute Gasteiger partial charge is 0.309 e. The van der Waals surface area contributed by atoms with Gasteiger partial charge in [0, 0.05) is 29.8 Å². The van der Waals surface area contributed by atoms with Crippen LogP contribution in [0.25, 0.3) is 0 Å². The van der Waals surface area contributed by atoms with Gasteiger partial charge in [0.05, 0.1) is 17.4 Å². The van der Waals surface area contributed by atoms with Gasteiger partial charge in [0.15, 0.2) is 6.61 Å². The summed E-state index contributed by atoms with van der Waals surface area (Å²) in [6.07, 6.45) is 1.71. The summed E-state index contributed by atoms with van der Waals surface area (Å²) in [5, 5.41) is 0.404. The van der Waals surface area contributed by atoms with Crippen LogP contribution >= 0.6 is 11.8 Å². The number of rotatable bonds is 5. The first-order valence-corrected chi connectivity index (χ1v) is 12.5. The Labute approximate surface area is 176 Å². The Morgan fingerprint density at radius 1 is 1.14 bits per heavy atom. The van der Waals surface area contributed by atoms with Crippen molar-refractivity contribution in [1.29, 1.82) is 0 Å². The third-order valence-electron chi connectivity index (χ3n) is 5.43. The van der Waals surface area contributed by atoms with E-state index < -0.39 is 16.0 Å². The van der Waals surface area contributed by atoms with Gasteiger partial charge in [-0.1, -0.05) is 19.1 Å². The van der Waals surface area contributed by atoms with Crippen molar-refractivity contribution >= 4 is 39.3 Å². The van der Waals surface area contributed by atoms with Crippen molar-refractivity contribution in [3.63, 3.8) is 0 Å². The molecule has 3 rings (SSSR count). The summed E-state index contributed by atoms with van der Waals surface area (Å²) in [5.74, 6) is -0.951. The number of benzene rings is 1. The zero-order chi connectivity index (χ0) is 21.0. The highest BCUT2D eigenvalue weighted by Gasteiger charge is 2.32. The molecule has 1 saturated heterocycles. The third-order valence-corrected chi connectivity index (χ3v) is 8.55. The standard InChI is InChI=1S/C20H28N2O5S2/c1-3-29(25,26)21-11-9-16(10-12-21)20(24)27-14-19(23)22-13-8-15(2)28-18-7-5-4-6-17(18)22/h4-7,15-16H,3,8-14H2,1-2H3. The molecule has 2 aliphatic rings. The molecule has 1 aromatic rings. The van der Waals surface area contributed by atoms with Crippen LogP contribution in [-0.2, 0) is 24.3 Å². The Balaban J connectivity index is 1.55. The predicted molar refractivity (Wildman–Crippen MR) is 113 cm³/mol. The van der Waals surface area contributed by atoms with Gasteiger partial charge in [-0.25, -0.2) is 12.7 Å². The molecule has 2 heterocycles. The lowest BCUT2D eigenvalue weighted by Crippen LogP contribution is -2.42. The predicted octanol–water partition coefficient (Wildman–Crippen LogP) is 2.51. The van der Waals surface area contributed by atoms with Gasteiger partial charge >= 0.3 is 5.97 Å². The molecule has 0 N–H and O–H groups in total. The number of carbonyl (C=O) groups excluding carboxylic acids is 2. The van der Waals surface area contributed by atoms with Crippen molar-refractivity contribution in [3.05, 3.63) is 24.3 Å². The van der Waals surface area contributed by atoms with Gasteiger partial charge in [0.25, 0.3) is 5.91 Å². The number of thioether (sulfide) groups is 1. The first-order chi connectivity index (χ1) is 13.8. The fourth-order valence-corrected chi connectivity index (χ4v) is 5.87. The Morgan fingerprint density at radius 3 is 2.52 bits per heavy atom. The minimum Gasteiger partial charge on any atom is -0.455 e. The number of fused-ring (bicyclic) bond motifs is 1. The normalized spacial score (nSPS) is 21.3. The molecular formula is C20H28N2O5S2. The van der Waals surface area contributed by atoms with Gasteiger partial charge in [-0.15, -0.1) is 11.8 Å². The van der Waals surface area contributed by atoms with Crippen molar-refractivity contribution in [3.8, 4) is 0 Å². The van der Waals surface area contributed by atoms with Crippen molar-refractivity contribution in [2.24, 2.45) is 5.92 Å². The Bertz CT molecular complexity index is 850. The molecule has 29 heavy (non-hydrogen) atoms. The lowest BCUT2D eigenvalue weighted by molar-refractivity contribution is -0.153. The fraction of sp³-hybridized carbons (Fsp3) is 0.600. The number of anilines is 1. The SMILES string of the molecule is CCS(=O)(=O)N1CCC(C(=O)OCC(=O)N2CCC(C)Sc3ccccc32)CC1. The lowest BCUT2D eigenvalue weighted by Gasteiger charge is -2.30. The van der Waals surface area contributed by atoms with Gasteiger partial charge in [-0.3, -0.25) is 9.59 Å². The summed E-state index contributed by atoms with van der Waals surface area (Å²) in [6, 6.07) is 7.79. The minimum atomic E-state index is -3.23. The van der Waals surface area contributed by atoms with Crippen LogP contribution < -0.4 is 4.90 Å². The molecule has 0 bridgehead atoms. The molecular weight excluding hydrogens is 412 g/mol. The maximum Gasteiger partial charge on any atom is 0.309 e. The maximum atomic E-state index is 12.8. The number of piperidine rings is 1. The monoisotopic (exact) mass is 440 g/mol. The van der Waals surface area contributed by atoms with Crippen LogP contribution in [-0.4, -0.2) is 61.8 Å². The highest BCUT2D eigenvalue weighted by atomic mass is 32.2. The average molecular weight is 441 g/mol. The van der Waals surface area contributed by atoms with Crippen LogP contribution in [0, 0.1) is 5.92 Å². The average Bonchev–Trinajstić information content (AvgIpc) is 2.90. The number of esters is 1. The second-order valence-electron chi connectivity index (χ2n) is 7.41. The van der Waals surface area contributed by atoms with Crippen LogP contribution in [0.4, 0.5) is 5.69 Å². The minimum absolute atomic E-state index is 0.0603. The number of hydrogen-bond donors (Lipinski definition) is 0. The lowest BCUT2D eigenvalue weighted by atomic mass is 9.98. The summed E-state index contributed by atoms with van der Waals surface area (Å²) in [4.78, 5) is 28.0. The van der Waals surface area contributed by atoms with E-state index in [9.17, 15) is 18.0 Å². The van der Waals surface area contributed by atoms with Crippen molar-refractivity contribution in [2.45, 2.75) is 43.3 Å². The second kappa shape index (κ2) is 9.49. The van der Waals surface area contributed by atoms with E-state index >= 15 is 0 Å². The molecule has 0 aliphatic carbocycles. The number of sulfonamides is 1. The van der Waals surface area contributed by atoms with Gasteiger partial charge < -0.3 is 9.64 Å². The first kappa shape index (κ1) is 22.1. The van der Waals surface area contributed by atoms with Crippen molar-refractivity contribution in [2.75, 3.05) is 36.9 Å². The summed E-state index contributed by atoms with van der Waals surface area (Å²) in [5.41, 5.74) is 0.862. The summed E-state index contributed by atoms with van der Waals surface area (Å²) >= 11 is 1.75. The van der Waals surface area contributed by atoms with Gasteiger partial charge in [-0.2, -0.15) is 0 Å². The van der Waals surface area contributed by atoms with E-state index in [2.05, 4.69) is 6.92 Å². The van der Waals surface area contributed by atoms with E-state index in [0.717, 1.165) is 17.0 Å². The Kier molecular flexibility index (Phi) is 7.23. The largest absolute Gasteiger partial charge is 0.455 e. The van der Waals surface area contributed by atoms with E-state index in [0.29, 0.717) is 37.7 Å². The van der Waals surface area contributed by atoms with Crippen molar-refractivity contribution in [1.82, 2.24) is 4.31 Å². The van der Waals surface area contributed by atoms with Gasteiger partial charge in [0.2, 0.25) is 10.0 Å². The zero-order valence-corrected chi connectivity index (χ0v) is 18.5. The van der Waals surface area contributed by atoms with Crippen LogP contribution in [0.15, 0.2) is 29.2 Å². The highest BCUT2D eigenvalue weighted by Crippen LogP contribution is 2.37.